The van der Waals surface area contributed by atoms with Crippen molar-refractivity contribution in [3.05, 3.63) is 112 Å². The van der Waals surface area contributed by atoms with Gasteiger partial charge in [-0.3, -0.25) is 14.9 Å². The van der Waals surface area contributed by atoms with Crippen LogP contribution >= 0.6 is 0 Å². The lowest BCUT2D eigenvalue weighted by molar-refractivity contribution is -0.384. The third-order valence-corrected chi connectivity index (χ3v) is 4.29. The molecule has 0 heterocycles. The third kappa shape index (κ3) is 4.92. The lowest BCUT2D eigenvalue weighted by Gasteiger charge is -2.22. The molecule has 0 atom stereocenters. The molecule has 0 aliphatic heterocycles. The quantitative estimate of drug-likeness (QED) is 0.341. The fraction of sp³-hybridized carbons (Fsp3) is 0.0870. The first-order chi connectivity index (χ1) is 13.5. The number of nitrogens with zero attached hydrogens (tertiary/aromatic N) is 2. The number of carbonyl (C=O) groups is 1. The lowest BCUT2D eigenvalue weighted by Crippen LogP contribution is -2.28. The van der Waals surface area contributed by atoms with Crippen molar-refractivity contribution in [1.82, 2.24) is 0 Å². The minimum absolute atomic E-state index is 0.00530. The molecule has 0 aromatic heterocycles. The van der Waals surface area contributed by atoms with Crippen molar-refractivity contribution in [2.75, 3.05) is 4.90 Å². The second-order valence-corrected chi connectivity index (χ2v) is 6.43. The van der Waals surface area contributed by atoms with Gasteiger partial charge in [-0.25, -0.2) is 0 Å². The second-order valence-electron chi connectivity index (χ2n) is 6.43. The molecule has 0 N–H and O–H groups in total. The van der Waals surface area contributed by atoms with E-state index in [-0.39, 0.29) is 11.6 Å². The molecule has 0 aliphatic rings. The molecule has 5 nitrogen and oxygen atoms in total. The van der Waals surface area contributed by atoms with Gasteiger partial charge in [0.25, 0.3) is 11.6 Å². The fourth-order valence-electron chi connectivity index (χ4n) is 2.79. The van der Waals surface area contributed by atoms with Crippen LogP contribution in [-0.4, -0.2) is 10.8 Å². The number of hydrogen-bond donors (Lipinski definition) is 0. The standard InChI is InChI=1S/C23H20N2O3/c1-18-10-13-21(14-11-18)24(17-20-6-3-2-4-7-20)23(26)15-12-19-8-5-9-22(16-19)25(27)28/h2-16H,17H2,1H3/b15-12+. The van der Waals surface area contributed by atoms with Gasteiger partial charge in [-0.1, -0.05) is 60.2 Å². The van der Waals surface area contributed by atoms with E-state index in [2.05, 4.69) is 0 Å². The zero-order valence-corrected chi connectivity index (χ0v) is 15.5. The lowest BCUT2D eigenvalue weighted by atomic mass is 10.1. The van der Waals surface area contributed by atoms with Gasteiger partial charge in [0.1, 0.15) is 0 Å². The van der Waals surface area contributed by atoms with Crippen molar-refractivity contribution in [3.63, 3.8) is 0 Å². The number of anilines is 1. The molecule has 28 heavy (non-hydrogen) atoms. The van der Waals surface area contributed by atoms with Crippen molar-refractivity contribution in [3.8, 4) is 0 Å². The van der Waals surface area contributed by atoms with E-state index >= 15 is 0 Å². The summed E-state index contributed by atoms with van der Waals surface area (Å²) in [6.45, 7) is 2.43. The Labute approximate surface area is 163 Å². The maximum Gasteiger partial charge on any atom is 0.270 e. The van der Waals surface area contributed by atoms with Crippen LogP contribution in [0.25, 0.3) is 6.08 Å². The Morgan fingerprint density at radius 1 is 1.00 bits per heavy atom. The van der Waals surface area contributed by atoms with E-state index in [9.17, 15) is 14.9 Å². The predicted octanol–water partition coefficient (Wildman–Crippen LogP) is 5.15. The van der Waals surface area contributed by atoms with Gasteiger partial charge in [-0.15, -0.1) is 0 Å². The number of hydrogen-bond acceptors (Lipinski definition) is 3. The van der Waals surface area contributed by atoms with Gasteiger partial charge in [0.05, 0.1) is 11.5 Å². The Morgan fingerprint density at radius 3 is 2.39 bits per heavy atom. The molecule has 3 aromatic rings. The van der Waals surface area contributed by atoms with Gasteiger partial charge >= 0.3 is 0 Å². The summed E-state index contributed by atoms with van der Waals surface area (Å²) >= 11 is 0. The van der Waals surface area contributed by atoms with E-state index in [1.165, 1.54) is 18.2 Å². The molecule has 1 amide bonds. The highest BCUT2D eigenvalue weighted by atomic mass is 16.6. The maximum absolute atomic E-state index is 12.9. The van der Waals surface area contributed by atoms with Gasteiger partial charge in [0.2, 0.25) is 0 Å². The Kier molecular flexibility index (Phi) is 5.97. The summed E-state index contributed by atoms with van der Waals surface area (Å²) in [5.41, 5.74) is 3.52. The van der Waals surface area contributed by atoms with E-state index < -0.39 is 4.92 Å². The van der Waals surface area contributed by atoms with Crippen LogP contribution in [0.4, 0.5) is 11.4 Å². The number of aryl methyl sites for hydroxylation is 1. The predicted molar refractivity (Wildman–Crippen MR) is 111 cm³/mol. The minimum Gasteiger partial charge on any atom is -0.304 e. The van der Waals surface area contributed by atoms with Gasteiger partial charge < -0.3 is 4.90 Å². The summed E-state index contributed by atoms with van der Waals surface area (Å²) in [5.74, 6) is -0.195. The normalized spacial score (nSPS) is 10.8. The van der Waals surface area contributed by atoms with Crippen LogP contribution in [0.5, 0.6) is 0 Å². The SMILES string of the molecule is Cc1ccc(N(Cc2ccccc2)C(=O)/C=C/c2cccc([N+](=O)[O-])c2)cc1. The number of rotatable bonds is 6. The Balaban J connectivity index is 1.86. The molecule has 0 unspecified atom stereocenters. The molecule has 3 rings (SSSR count). The van der Waals surface area contributed by atoms with Gasteiger partial charge in [-0.05, 0) is 36.3 Å². The van der Waals surface area contributed by atoms with E-state index in [0.29, 0.717) is 12.1 Å². The first-order valence-corrected chi connectivity index (χ1v) is 8.87. The topological polar surface area (TPSA) is 63.5 Å². The van der Waals surface area contributed by atoms with Crippen molar-refractivity contribution < 1.29 is 9.72 Å². The van der Waals surface area contributed by atoms with Crippen molar-refractivity contribution in [2.24, 2.45) is 0 Å². The number of non-ortho nitro benzene ring substituents is 1. The maximum atomic E-state index is 12.9. The molecule has 3 aromatic carbocycles. The molecule has 0 spiro atoms. The van der Waals surface area contributed by atoms with E-state index in [1.54, 1.807) is 23.1 Å². The molecule has 0 fully saturated rings. The van der Waals surface area contributed by atoms with Crippen LogP contribution in [0, 0.1) is 17.0 Å². The summed E-state index contributed by atoms with van der Waals surface area (Å²) in [7, 11) is 0. The molecule has 0 saturated carbocycles. The second kappa shape index (κ2) is 8.77. The van der Waals surface area contributed by atoms with Crippen LogP contribution in [0.2, 0.25) is 0 Å². The van der Waals surface area contributed by atoms with E-state index in [4.69, 9.17) is 0 Å². The molecule has 0 aliphatic carbocycles. The first-order valence-electron chi connectivity index (χ1n) is 8.87. The smallest absolute Gasteiger partial charge is 0.270 e. The zero-order chi connectivity index (χ0) is 19.9. The van der Waals surface area contributed by atoms with Gasteiger partial charge in [0.15, 0.2) is 0 Å². The average molecular weight is 372 g/mol. The van der Waals surface area contributed by atoms with Crippen LogP contribution < -0.4 is 4.90 Å². The molecule has 0 bridgehead atoms. The minimum atomic E-state index is -0.451. The summed E-state index contributed by atoms with van der Waals surface area (Å²) in [6, 6.07) is 23.7. The summed E-state index contributed by atoms with van der Waals surface area (Å²) in [6.07, 6.45) is 3.05. The highest BCUT2D eigenvalue weighted by Gasteiger charge is 2.14. The molecule has 140 valence electrons. The molecular formula is C23H20N2O3. The molecule has 5 heteroatoms. The fourth-order valence-corrected chi connectivity index (χ4v) is 2.79. The van der Waals surface area contributed by atoms with Crippen LogP contribution in [-0.2, 0) is 11.3 Å². The summed E-state index contributed by atoms with van der Waals surface area (Å²) in [5, 5.41) is 10.9. The highest BCUT2D eigenvalue weighted by molar-refractivity contribution is 6.03. The van der Waals surface area contributed by atoms with Crippen LogP contribution in [0.15, 0.2) is 84.9 Å². The first kappa shape index (κ1) is 19.0. The zero-order valence-electron chi connectivity index (χ0n) is 15.5. The third-order valence-electron chi connectivity index (χ3n) is 4.29. The van der Waals surface area contributed by atoms with E-state index in [0.717, 1.165) is 16.8 Å². The molecular weight excluding hydrogens is 352 g/mol. The largest absolute Gasteiger partial charge is 0.304 e. The van der Waals surface area contributed by atoms with Crippen molar-refractivity contribution in [1.29, 1.82) is 0 Å². The van der Waals surface area contributed by atoms with Gasteiger partial charge in [-0.2, -0.15) is 0 Å². The summed E-state index contributed by atoms with van der Waals surface area (Å²) in [4.78, 5) is 25.1. The number of carbonyl (C=O) groups excluding carboxylic acids is 1. The van der Waals surface area contributed by atoms with Crippen molar-refractivity contribution >= 4 is 23.4 Å². The highest BCUT2D eigenvalue weighted by Crippen LogP contribution is 2.20. The monoisotopic (exact) mass is 372 g/mol. The average Bonchev–Trinajstić information content (AvgIpc) is 2.72. The van der Waals surface area contributed by atoms with Crippen molar-refractivity contribution in [2.45, 2.75) is 13.5 Å². The number of nitro groups is 1. The summed E-state index contributed by atoms with van der Waals surface area (Å²) < 4.78 is 0. The Hall–Kier alpha value is -3.73. The Morgan fingerprint density at radius 2 is 1.71 bits per heavy atom. The van der Waals surface area contributed by atoms with Gasteiger partial charge in [0, 0.05) is 23.9 Å². The Bertz CT molecular complexity index is 996. The van der Waals surface area contributed by atoms with E-state index in [1.807, 2.05) is 61.5 Å². The molecule has 0 radical (unpaired) electrons. The van der Waals surface area contributed by atoms with Crippen LogP contribution in [0.3, 0.4) is 0 Å². The number of benzene rings is 3. The number of amides is 1. The number of nitro benzene ring substituents is 1. The van der Waals surface area contributed by atoms with Crippen LogP contribution in [0.1, 0.15) is 16.7 Å². The molecule has 0 saturated heterocycles.